The standard InChI is InChI=1S/C19H22N4O3Se/c1-19(2,3)15-8-12(16(27-15)17(20)24)23-18-10-6-13(25-4)14(26-5)7-11(10)21-9-22-18/h6-9H,1-5H3,(H2,20,24)(H,21,22,23). The van der Waals surface area contributed by atoms with Crippen LogP contribution in [0, 0.1) is 0 Å². The molecule has 0 saturated heterocycles. The van der Waals surface area contributed by atoms with Crippen LogP contribution in [0.4, 0.5) is 11.5 Å². The molecule has 8 heteroatoms. The minimum atomic E-state index is -0.411. The van der Waals surface area contributed by atoms with Crippen molar-refractivity contribution in [2.75, 3.05) is 19.5 Å². The summed E-state index contributed by atoms with van der Waals surface area (Å²) in [4.78, 5) is 20.6. The molecule has 0 fully saturated rings. The molecule has 3 N–H and O–H groups in total. The first kappa shape index (κ1) is 19.2. The van der Waals surface area contributed by atoms with Crippen LogP contribution in [0.15, 0.2) is 24.5 Å². The molecule has 0 radical (unpaired) electrons. The van der Waals surface area contributed by atoms with Crippen molar-refractivity contribution in [3.05, 3.63) is 33.4 Å². The van der Waals surface area contributed by atoms with Gasteiger partial charge in [-0.1, -0.05) is 0 Å². The molecule has 2 heterocycles. The van der Waals surface area contributed by atoms with E-state index in [-0.39, 0.29) is 19.9 Å². The molecule has 1 amide bonds. The molecule has 7 nitrogen and oxygen atoms in total. The summed E-state index contributed by atoms with van der Waals surface area (Å²) in [7, 11) is 3.15. The van der Waals surface area contributed by atoms with Crippen LogP contribution in [-0.4, -0.2) is 44.6 Å². The van der Waals surface area contributed by atoms with E-state index in [1.807, 2.05) is 12.1 Å². The first-order chi connectivity index (χ1) is 12.7. The van der Waals surface area contributed by atoms with Gasteiger partial charge < -0.3 is 0 Å². The second kappa shape index (κ2) is 7.21. The minimum absolute atomic E-state index is 0.0333. The number of nitrogens with two attached hydrogens (primary N) is 1. The van der Waals surface area contributed by atoms with Gasteiger partial charge in [0, 0.05) is 0 Å². The Hall–Kier alpha value is -2.57. The van der Waals surface area contributed by atoms with Crippen LogP contribution >= 0.6 is 0 Å². The van der Waals surface area contributed by atoms with E-state index in [4.69, 9.17) is 15.2 Å². The molecule has 0 atom stereocenters. The van der Waals surface area contributed by atoms with E-state index in [9.17, 15) is 4.79 Å². The third-order valence-electron chi connectivity index (χ3n) is 4.09. The maximum atomic E-state index is 12.0. The van der Waals surface area contributed by atoms with Crippen molar-refractivity contribution >= 4 is 42.8 Å². The summed E-state index contributed by atoms with van der Waals surface area (Å²) in [6.07, 6.45) is 1.47. The van der Waals surface area contributed by atoms with Gasteiger partial charge in [-0.3, -0.25) is 0 Å². The van der Waals surface area contributed by atoms with E-state index >= 15 is 0 Å². The molecule has 0 aliphatic heterocycles. The van der Waals surface area contributed by atoms with Crippen LogP contribution in [-0.2, 0) is 5.41 Å². The molecule has 0 unspecified atom stereocenters. The Morgan fingerprint density at radius 1 is 1.11 bits per heavy atom. The van der Waals surface area contributed by atoms with Crippen molar-refractivity contribution in [1.82, 2.24) is 9.97 Å². The average molecular weight is 433 g/mol. The van der Waals surface area contributed by atoms with Gasteiger partial charge in [-0.2, -0.15) is 0 Å². The predicted octanol–water partition coefficient (Wildman–Crippen LogP) is 2.84. The van der Waals surface area contributed by atoms with Gasteiger partial charge in [-0.25, -0.2) is 0 Å². The van der Waals surface area contributed by atoms with Crippen molar-refractivity contribution in [2.24, 2.45) is 5.73 Å². The van der Waals surface area contributed by atoms with Crippen LogP contribution in [0.5, 0.6) is 11.5 Å². The summed E-state index contributed by atoms with van der Waals surface area (Å²) in [6.45, 7) is 6.37. The summed E-state index contributed by atoms with van der Waals surface area (Å²) in [6, 6.07) is 5.61. The monoisotopic (exact) mass is 434 g/mol. The van der Waals surface area contributed by atoms with Crippen LogP contribution in [0.2, 0.25) is 0 Å². The predicted molar refractivity (Wildman–Crippen MR) is 107 cm³/mol. The Balaban J connectivity index is 2.12. The van der Waals surface area contributed by atoms with Crippen molar-refractivity contribution < 1.29 is 14.3 Å². The third kappa shape index (κ3) is 3.77. The van der Waals surface area contributed by atoms with E-state index in [0.29, 0.717) is 33.0 Å². The number of amides is 1. The summed E-state index contributed by atoms with van der Waals surface area (Å²) in [5, 5.41) is 4.04. The van der Waals surface area contributed by atoms with Crippen LogP contribution < -0.4 is 20.5 Å². The Morgan fingerprint density at radius 2 is 1.78 bits per heavy atom. The van der Waals surface area contributed by atoms with E-state index in [0.717, 1.165) is 5.39 Å². The van der Waals surface area contributed by atoms with E-state index < -0.39 is 5.91 Å². The topological polar surface area (TPSA) is 99.4 Å². The zero-order chi connectivity index (χ0) is 19.8. The summed E-state index contributed by atoms with van der Waals surface area (Å²) in [5.41, 5.74) is 6.99. The van der Waals surface area contributed by atoms with Crippen LogP contribution in [0.25, 0.3) is 10.9 Å². The second-order valence-electron chi connectivity index (χ2n) is 7.04. The maximum absolute atomic E-state index is 12.0. The van der Waals surface area contributed by atoms with E-state index in [1.165, 1.54) is 10.8 Å². The van der Waals surface area contributed by atoms with Gasteiger partial charge in [-0.15, -0.1) is 0 Å². The number of nitrogens with one attached hydrogen (secondary N) is 1. The number of nitrogens with zero attached hydrogens (tertiary/aromatic N) is 2. The first-order valence-corrected chi connectivity index (χ1v) is 10.0. The molecule has 0 spiro atoms. The van der Waals surface area contributed by atoms with E-state index in [2.05, 4.69) is 36.1 Å². The van der Waals surface area contributed by atoms with Gasteiger partial charge >= 0.3 is 163 Å². The molecule has 1 aromatic carbocycles. The number of carbonyl (C=O) groups is 1. The second-order valence-corrected chi connectivity index (χ2v) is 9.25. The summed E-state index contributed by atoms with van der Waals surface area (Å²) < 4.78 is 12.5. The molecule has 0 saturated carbocycles. The number of fused-ring (bicyclic) bond motifs is 1. The summed E-state index contributed by atoms with van der Waals surface area (Å²) >= 11 is -0.115. The van der Waals surface area contributed by atoms with Crippen molar-refractivity contribution in [2.45, 2.75) is 26.2 Å². The number of carbonyl (C=O) groups excluding carboxylic acids is 1. The fourth-order valence-electron chi connectivity index (χ4n) is 2.65. The zero-order valence-corrected chi connectivity index (χ0v) is 17.6. The number of primary amides is 1. The van der Waals surface area contributed by atoms with Crippen molar-refractivity contribution in [3.8, 4) is 11.5 Å². The Morgan fingerprint density at radius 3 is 2.37 bits per heavy atom. The molecule has 27 heavy (non-hydrogen) atoms. The number of rotatable bonds is 5. The quantitative estimate of drug-likeness (QED) is 0.601. The molecule has 3 aromatic rings. The van der Waals surface area contributed by atoms with E-state index in [1.54, 1.807) is 20.3 Å². The average Bonchev–Trinajstić information content (AvgIpc) is 3.05. The molecule has 2 aromatic heterocycles. The molecule has 0 aliphatic rings. The number of aromatic nitrogens is 2. The Bertz CT molecular complexity index is 1010. The molecule has 0 aliphatic carbocycles. The number of hydrogen-bond donors (Lipinski definition) is 2. The van der Waals surface area contributed by atoms with Gasteiger partial charge in [0.05, 0.1) is 0 Å². The molecule has 0 bridgehead atoms. The number of benzene rings is 1. The van der Waals surface area contributed by atoms with Crippen LogP contribution in [0.1, 0.15) is 34.4 Å². The number of hydrogen-bond acceptors (Lipinski definition) is 6. The SMILES string of the molecule is COc1cc2ncnc(Nc3cc(C(C)(C)C)[se]c3C(N)=O)c2cc1OC. The fourth-order valence-corrected chi connectivity index (χ4v) is 4.79. The first-order valence-electron chi connectivity index (χ1n) is 8.32. The number of anilines is 2. The number of methoxy groups -OCH3 is 2. The fraction of sp³-hybridized carbons (Fsp3) is 0.316. The van der Waals surface area contributed by atoms with Crippen molar-refractivity contribution in [3.63, 3.8) is 0 Å². The van der Waals surface area contributed by atoms with Gasteiger partial charge in [0.1, 0.15) is 0 Å². The third-order valence-corrected chi connectivity index (χ3v) is 7.39. The summed E-state index contributed by atoms with van der Waals surface area (Å²) in [5.74, 6) is 1.34. The molecule has 3 rings (SSSR count). The van der Waals surface area contributed by atoms with Gasteiger partial charge in [-0.05, 0) is 0 Å². The van der Waals surface area contributed by atoms with Crippen molar-refractivity contribution in [1.29, 1.82) is 0 Å². The molecular weight excluding hydrogens is 411 g/mol. The Kier molecular flexibility index (Phi) is 5.13. The Labute approximate surface area is 163 Å². The molecule has 142 valence electrons. The zero-order valence-electron chi connectivity index (χ0n) is 15.9. The van der Waals surface area contributed by atoms with Gasteiger partial charge in [0.2, 0.25) is 0 Å². The van der Waals surface area contributed by atoms with Gasteiger partial charge in [0.25, 0.3) is 0 Å². The normalized spacial score (nSPS) is 11.4. The van der Waals surface area contributed by atoms with Gasteiger partial charge in [0.15, 0.2) is 0 Å². The number of ether oxygens (including phenoxy) is 2. The molecular formula is C19H22N4O3Se. The van der Waals surface area contributed by atoms with Crippen LogP contribution in [0.3, 0.4) is 0 Å².